The van der Waals surface area contributed by atoms with Gasteiger partial charge in [-0.15, -0.1) is 0 Å². The van der Waals surface area contributed by atoms with Gasteiger partial charge in [0.25, 0.3) is 5.91 Å². The Kier molecular flexibility index (Phi) is 7.33. The maximum atomic E-state index is 13.2. The van der Waals surface area contributed by atoms with E-state index in [9.17, 15) is 14.4 Å². The minimum absolute atomic E-state index is 0.0960. The summed E-state index contributed by atoms with van der Waals surface area (Å²) in [7, 11) is 0. The van der Waals surface area contributed by atoms with Crippen molar-refractivity contribution in [2.45, 2.75) is 20.8 Å². The van der Waals surface area contributed by atoms with Gasteiger partial charge in [-0.1, -0.05) is 35.9 Å². The van der Waals surface area contributed by atoms with Crippen LogP contribution >= 0.6 is 11.6 Å². The highest BCUT2D eigenvalue weighted by molar-refractivity contribution is 6.32. The van der Waals surface area contributed by atoms with Crippen LogP contribution in [-0.2, 0) is 4.79 Å². The van der Waals surface area contributed by atoms with Gasteiger partial charge in [0.05, 0.1) is 17.3 Å². The summed E-state index contributed by atoms with van der Waals surface area (Å²) in [5, 5.41) is 7.80. The first-order valence-electron chi connectivity index (χ1n) is 11.5. The van der Waals surface area contributed by atoms with Crippen LogP contribution in [0.5, 0.6) is 0 Å². The Morgan fingerprint density at radius 1 is 1.00 bits per heavy atom. The van der Waals surface area contributed by atoms with Crippen molar-refractivity contribution in [1.82, 2.24) is 19.6 Å². The molecule has 182 valence electrons. The summed E-state index contributed by atoms with van der Waals surface area (Å²) in [4.78, 5) is 41.9. The third-order valence-electron chi connectivity index (χ3n) is 6.30. The average molecular weight is 494 g/mol. The van der Waals surface area contributed by atoms with Crippen molar-refractivity contribution in [1.29, 1.82) is 0 Å². The second kappa shape index (κ2) is 10.4. The van der Waals surface area contributed by atoms with Crippen LogP contribution in [-0.4, -0.2) is 64.1 Å². The van der Waals surface area contributed by atoms with Crippen molar-refractivity contribution in [3.8, 4) is 5.69 Å². The monoisotopic (exact) mass is 493 g/mol. The van der Waals surface area contributed by atoms with E-state index in [0.717, 1.165) is 16.8 Å². The minimum atomic E-state index is -0.425. The molecule has 2 heterocycles. The van der Waals surface area contributed by atoms with Crippen LogP contribution in [0.3, 0.4) is 0 Å². The van der Waals surface area contributed by atoms with Gasteiger partial charge in [-0.2, -0.15) is 5.10 Å². The highest BCUT2D eigenvalue weighted by atomic mass is 35.5. The number of piperazine rings is 1. The van der Waals surface area contributed by atoms with Gasteiger partial charge < -0.3 is 10.2 Å². The quantitative estimate of drug-likeness (QED) is 0.589. The number of carbonyl (C=O) groups is 2. The number of rotatable bonds is 5. The molecule has 0 saturated carbocycles. The fourth-order valence-electron chi connectivity index (χ4n) is 4.10. The third kappa shape index (κ3) is 5.44. The lowest BCUT2D eigenvalue weighted by Gasteiger charge is -2.34. The molecule has 0 unspecified atom stereocenters. The van der Waals surface area contributed by atoms with Crippen LogP contribution in [0.15, 0.2) is 53.3 Å². The molecular weight excluding hydrogens is 466 g/mol. The average Bonchev–Trinajstić information content (AvgIpc) is 2.83. The number of nitrogens with zero attached hydrogens (tertiary/aromatic N) is 4. The fourth-order valence-corrected chi connectivity index (χ4v) is 4.32. The first kappa shape index (κ1) is 24.6. The SMILES string of the molecule is Cc1cccc(NC(=O)CN2CCN(C(=O)c3nn(-c4ccccc4Cl)c(C)cc3=O)CC2)c1C. The van der Waals surface area contributed by atoms with E-state index in [4.69, 9.17) is 11.6 Å². The number of anilines is 1. The number of amides is 2. The number of halogens is 1. The van der Waals surface area contributed by atoms with E-state index in [0.29, 0.717) is 42.6 Å². The Labute approximate surface area is 209 Å². The van der Waals surface area contributed by atoms with Crippen LogP contribution in [0.4, 0.5) is 5.69 Å². The van der Waals surface area contributed by atoms with Crippen LogP contribution < -0.4 is 10.7 Å². The molecule has 1 aromatic heterocycles. The van der Waals surface area contributed by atoms with Gasteiger partial charge in [-0.3, -0.25) is 19.3 Å². The topological polar surface area (TPSA) is 87.5 Å². The predicted octanol–water partition coefficient (Wildman–Crippen LogP) is 3.21. The molecule has 1 aliphatic heterocycles. The van der Waals surface area contributed by atoms with Gasteiger partial charge in [0.1, 0.15) is 0 Å². The number of benzene rings is 2. The molecule has 8 nitrogen and oxygen atoms in total. The Bertz CT molecular complexity index is 1330. The molecule has 2 aromatic carbocycles. The zero-order valence-corrected chi connectivity index (χ0v) is 20.8. The fraction of sp³-hybridized carbons (Fsp3) is 0.308. The summed E-state index contributed by atoms with van der Waals surface area (Å²) >= 11 is 6.30. The Morgan fingerprint density at radius 3 is 2.43 bits per heavy atom. The summed E-state index contributed by atoms with van der Waals surface area (Å²) < 4.78 is 1.52. The second-order valence-electron chi connectivity index (χ2n) is 8.73. The van der Waals surface area contributed by atoms with Crippen LogP contribution in [0.2, 0.25) is 5.02 Å². The Hall–Kier alpha value is -3.49. The predicted molar refractivity (Wildman–Crippen MR) is 136 cm³/mol. The third-order valence-corrected chi connectivity index (χ3v) is 6.62. The number of hydrogen-bond acceptors (Lipinski definition) is 5. The van der Waals surface area contributed by atoms with Crippen molar-refractivity contribution in [3.63, 3.8) is 0 Å². The van der Waals surface area contributed by atoms with Gasteiger partial charge in [0.15, 0.2) is 5.69 Å². The van der Waals surface area contributed by atoms with Gasteiger partial charge in [-0.05, 0) is 50.1 Å². The van der Waals surface area contributed by atoms with Gasteiger partial charge in [0.2, 0.25) is 11.3 Å². The molecule has 1 saturated heterocycles. The van der Waals surface area contributed by atoms with E-state index in [-0.39, 0.29) is 18.1 Å². The van der Waals surface area contributed by atoms with E-state index in [1.165, 1.54) is 10.7 Å². The molecule has 1 aliphatic rings. The minimum Gasteiger partial charge on any atom is -0.335 e. The maximum absolute atomic E-state index is 13.2. The molecule has 9 heteroatoms. The summed E-state index contributed by atoms with van der Waals surface area (Å²) in [6.45, 7) is 7.81. The molecule has 0 radical (unpaired) electrons. The lowest BCUT2D eigenvalue weighted by Crippen LogP contribution is -2.51. The standard InChI is InChI=1S/C26H28ClN5O3/c1-17-7-6-9-21(19(17)3)28-24(34)16-30-11-13-31(14-12-30)26(35)25-23(33)15-18(2)32(29-25)22-10-5-4-8-20(22)27/h4-10,15H,11-14,16H2,1-3H3,(H,28,34). The molecule has 0 aliphatic carbocycles. The largest absolute Gasteiger partial charge is 0.335 e. The van der Waals surface area contributed by atoms with Crippen molar-refractivity contribution in [3.05, 3.63) is 86.3 Å². The molecule has 0 spiro atoms. The molecule has 0 bridgehead atoms. The van der Waals surface area contributed by atoms with E-state index in [1.807, 2.05) is 43.0 Å². The first-order chi connectivity index (χ1) is 16.7. The zero-order valence-electron chi connectivity index (χ0n) is 20.0. The van der Waals surface area contributed by atoms with Crippen LogP contribution in [0.25, 0.3) is 5.69 Å². The summed E-state index contributed by atoms with van der Waals surface area (Å²) in [5.74, 6) is -0.517. The lowest BCUT2D eigenvalue weighted by atomic mass is 10.1. The van der Waals surface area contributed by atoms with Gasteiger partial charge in [0, 0.05) is 43.6 Å². The smallest absolute Gasteiger partial charge is 0.278 e. The number of nitrogens with one attached hydrogen (secondary N) is 1. The lowest BCUT2D eigenvalue weighted by molar-refractivity contribution is -0.117. The zero-order chi connectivity index (χ0) is 25.1. The first-order valence-corrected chi connectivity index (χ1v) is 11.9. The number of hydrogen-bond donors (Lipinski definition) is 1. The maximum Gasteiger partial charge on any atom is 0.278 e. The van der Waals surface area contributed by atoms with Crippen LogP contribution in [0.1, 0.15) is 27.3 Å². The van der Waals surface area contributed by atoms with E-state index in [1.54, 1.807) is 30.0 Å². The number of aryl methyl sites for hydroxylation is 2. The summed E-state index contributed by atoms with van der Waals surface area (Å²) in [5.41, 5.74) is 3.59. The molecular formula is C26H28ClN5O3. The Morgan fingerprint density at radius 2 is 1.71 bits per heavy atom. The van der Waals surface area contributed by atoms with Crippen molar-refractivity contribution in [2.75, 3.05) is 38.0 Å². The van der Waals surface area contributed by atoms with Gasteiger partial charge in [-0.25, -0.2) is 4.68 Å². The normalized spacial score (nSPS) is 14.1. The van der Waals surface area contributed by atoms with Crippen molar-refractivity contribution >= 4 is 29.1 Å². The molecule has 3 aromatic rings. The van der Waals surface area contributed by atoms with E-state index < -0.39 is 11.3 Å². The Balaban J connectivity index is 1.41. The highest BCUT2D eigenvalue weighted by Gasteiger charge is 2.26. The summed E-state index contributed by atoms with van der Waals surface area (Å²) in [6, 6.07) is 14.3. The number of para-hydroxylation sites is 1. The second-order valence-corrected chi connectivity index (χ2v) is 9.13. The van der Waals surface area contributed by atoms with Gasteiger partial charge >= 0.3 is 0 Å². The molecule has 1 N–H and O–H groups in total. The molecule has 2 amide bonds. The molecule has 4 rings (SSSR count). The molecule has 1 fully saturated rings. The van der Waals surface area contributed by atoms with E-state index in [2.05, 4.69) is 10.4 Å². The van der Waals surface area contributed by atoms with Crippen molar-refractivity contribution < 1.29 is 9.59 Å². The highest BCUT2D eigenvalue weighted by Crippen LogP contribution is 2.20. The molecule has 35 heavy (non-hydrogen) atoms. The summed E-state index contributed by atoms with van der Waals surface area (Å²) in [6.07, 6.45) is 0. The number of carbonyl (C=O) groups excluding carboxylic acids is 2. The molecule has 0 atom stereocenters. The van der Waals surface area contributed by atoms with Crippen LogP contribution in [0, 0.1) is 20.8 Å². The van der Waals surface area contributed by atoms with Crippen molar-refractivity contribution in [2.24, 2.45) is 0 Å². The van der Waals surface area contributed by atoms with E-state index >= 15 is 0 Å². The number of aromatic nitrogens is 2.